The Morgan fingerprint density at radius 2 is 2.33 bits per heavy atom. The smallest absolute Gasteiger partial charge is 0.223 e. The minimum Gasteiger partial charge on any atom is -0.330 e. The lowest BCUT2D eigenvalue weighted by Gasteiger charge is -2.11. The normalized spacial score (nSPS) is 16.5. The highest BCUT2D eigenvalue weighted by Crippen LogP contribution is 2.18. The maximum absolute atomic E-state index is 11.0. The molecule has 1 amide bonds. The molecule has 66 valence electrons. The Balaban J connectivity index is 2.49. The molecule has 0 atom stereocenters. The zero-order valence-electron chi connectivity index (χ0n) is 7.13. The van der Waals surface area contributed by atoms with Crippen LogP contribution >= 0.6 is 12.6 Å². The fourth-order valence-electron chi connectivity index (χ4n) is 0.998. The van der Waals surface area contributed by atoms with Crippen LogP contribution in [0.1, 0.15) is 26.2 Å². The third-order valence-corrected chi connectivity index (χ3v) is 2.12. The van der Waals surface area contributed by atoms with Crippen molar-refractivity contribution in [1.29, 1.82) is 0 Å². The van der Waals surface area contributed by atoms with Gasteiger partial charge in [0.05, 0.1) is 0 Å². The predicted molar refractivity (Wildman–Crippen MR) is 52.8 cm³/mol. The van der Waals surface area contributed by atoms with E-state index in [0.29, 0.717) is 6.42 Å². The van der Waals surface area contributed by atoms with Gasteiger partial charge in [-0.05, 0) is 23.8 Å². The fourth-order valence-corrected chi connectivity index (χ4v) is 1.18. The monoisotopic (exact) mass is 183 g/mol. The number of nitrogens with one attached hydrogen (secondary N) is 1. The van der Waals surface area contributed by atoms with E-state index >= 15 is 0 Å². The molecule has 0 aromatic rings. The van der Waals surface area contributed by atoms with Crippen LogP contribution in [0.3, 0.4) is 0 Å². The number of carbonyl (C=O) groups excluding carboxylic acids is 1. The van der Waals surface area contributed by atoms with E-state index in [4.69, 9.17) is 0 Å². The van der Waals surface area contributed by atoms with Crippen LogP contribution in [-0.2, 0) is 4.79 Å². The van der Waals surface area contributed by atoms with Gasteiger partial charge in [-0.2, -0.15) is 0 Å². The van der Waals surface area contributed by atoms with Gasteiger partial charge >= 0.3 is 0 Å². The summed E-state index contributed by atoms with van der Waals surface area (Å²) < 4.78 is 0. The van der Waals surface area contributed by atoms with Crippen molar-refractivity contribution in [3.05, 3.63) is 22.8 Å². The molecule has 12 heavy (non-hydrogen) atoms. The first-order valence-electron chi connectivity index (χ1n) is 4.11. The first-order valence-corrected chi connectivity index (χ1v) is 4.55. The number of amides is 1. The average molecular weight is 183 g/mol. The third-order valence-electron chi connectivity index (χ3n) is 1.75. The topological polar surface area (TPSA) is 29.1 Å². The Morgan fingerprint density at radius 1 is 1.58 bits per heavy atom. The Hall–Kier alpha value is -0.700. The highest BCUT2D eigenvalue weighted by molar-refractivity contribution is 7.84. The van der Waals surface area contributed by atoms with E-state index in [-0.39, 0.29) is 5.91 Å². The molecule has 0 radical (unpaired) electrons. The van der Waals surface area contributed by atoms with Crippen LogP contribution in [0.4, 0.5) is 0 Å². The van der Waals surface area contributed by atoms with Crippen LogP contribution < -0.4 is 5.32 Å². The van der Waals surface area contributed by atoms with Gasteiger partial charge in [-0.25, -0.2) is 0 Å². The lowest BCUT2D eigenvalue weighted by atomic mass is 10.1. The zero-order valence-corrected chi connectivity index (χ0v) is 8.03. The number of thiol groups is 1. The summed E-state index contributed by atoms with van der Waals surface area (Å²) in [6, 6.07) is 0. The van der Waals surface area contributed by atoms with E-state index < -0.39 is 0 Å². The summed E-state index contributed by atoms with van der Waals surface area (Å²) in [5, 5.41) is 2.83. The van der Waals surface area contributed by atoms with Crippen molar-refractivity contribution < 1.29 is 4.79 Å². The summed E-state index contributed by atoms with van der Waals surface area (Å²) in [7, 11) is 0. The van der Waals surface area contributed by atoms with E-state index in [2.05, 4.69) is 17.9 Å². The average Bonchev–Trinajstić information content (AvgIpc) is 2.09. The van der Waals surface area contributed by atoms with Gasteiger partial charge in [0.15, 0.2) is 0 Å². The van der Waals surface area contributed by atoms with Crippen LogP contribution in [-0.4, -0.2) is 5.91 Å². The van der Waals surface area contributed by atoms with Gasteiger partial charge in [0, 0.05) is 12.1 Å². The second-order valence-corrected chi connectivity index (χ2v) is 3.33. The number of hydrogen-bond acceptors (Lipinski definition) is 2. The minimum absolute atomic E-state index is 0.0808. The van der Waals surface area contributed by atoms with Crippen LogP contribution in [0.5, 0.6) is 0 Å². The highest BCUT2D eigenvalue weighted by Gasteiger charge is 2.05. The molecule has 0 saturated heterocycles. The van der Waals surface area contributed by atoms with Gasteiger partial charge in [-0.1, -0.05) is 13.0 Å². The molecule has 3 heteroatoms. The van der Waals surface area contributed by atoms with Crippen LogP contribution in [0.25, 0.3) is 0 Å². The summed E-state index contributed by atoms with van der Waals surface area (Å²) in [6.07, 6.45) is 6.20. The summed E-state index contributed by atoms with van der Waals surface area (Å²) in [5.41, 5.74) is 1.000. The zero-order chi connectivity index (χ0) is 8.97. The molecule has 0 saturated carbocycles. The van der Waals surface area contributed by atoms with Crippen molar-refractivity contribution in [2.24, 2.45) is 0 Å². The second kappa shape index (κ2) is 4.36. The van der Waals surface area contributed by atoms with E-state index in [9.17, 15) is 4.79 Å². The van der Waals surface area contributed by atoms with Gasteiger partial charge < -0.3 is 5.32 Å². The first-order chi connectivity index (χ1) is 5.72. The largest absolute Gasteiger partial charge is 0.330 e. The van der Waals surface area contributed by atoms with E-state index in [1.165, 1.54) is 0 Å². The minimum atomic E-state index is 0.0808. The van der Waals surface area contributed by atoms with Gasteiger partial charge in [-0.15, -0.1) is 12.6 Å². The molecule has 2 nitrogen and oxygen atoms in total. The summed E-state index contributed by atoms with van der Waals surface area (Å²) in [6.45, 7) is 1.85. The molecule has 0 aromatic carbocycles. The molecule has 1 N–H and O–H groups in total. The summed E-state index contributed by atoms with van der Waals surface area (Å²) in [4.78, 5) is 12.0. The van der Waals surface area contributed by atoms with Crippen molar-refractivity contribution in [3.63, 3.8) is 0 Å². The molecule has 0 heterocycles. The number of allylic oxidation sites excluding steroid dienone is 4. The van der Waals surface area contributed by atoms with Gasteiger partial charge in [0.25, 0.3) is 0 Å². The molecule has 0 fully saturated rings. The Bertz CT molecular complexity index is 243. The van der Waals surface area contributed by atoms with Crippen LogP contribution in [0.2, 0.25) is 0 Å². The summed E-state index contributed by atoms with van der Waals surface area (Å²) in [5.74, 6) is 0.0808. The molecule has 0 unspecified atom stereocenters. The maximum Gasteiger partial charge on any atom is 0.223 e. The molecule has 0 aliphatic heterocycles. The lowest BCUT2D eigenvalue weighted by Crippen LogP contribution is -2.22. The van der Waals surface area contributed by atoms with Crippen molar-refractivity contribution in [2.75, 3.05) is 0 Å². The van der Waals surface area contributed by atoms with E-state index in [1.54, 1.807) is 0 Å². The third kappa shape index (κ3) is 2.74. The Morgan fingerprint density at radius 3 is 2.83 bits per heavy atom. The molecule has 0 spiro atoms. The molecular weight excluding hydrogens is 170 g/mol. The van der Waals surface area contributed by atoms with Crippen molar-refractivity contribution in [2.45, 2.75) is 26.2 Å². The lowest BCUT2D eigenvalue weighted by molar-refractivity contribution is -0.120. The molecule has 0 bridgehead atoms. The van der Waals surface area contributed by atoms with E-state index in [1.807, 2.05) is 19.1 Å². The SMILES string of the molecule is CCC(=O)NC1=CC=C(S)CC1. The van der Waals surface area contributed by atoms with E-state index in [0.717, 1.165) is 23.4 Å². The molecule has 1 aliphatic carbocycles. The molecule has 1 aliphatic rings. The van der Waals surface area contributed by atoms with Gasteiger partial charge in [0.1, 0.15) is 0 Å². The quantitative estimate of drug-likeness (QED) is 0.630. The molecule has 0 aromatic heterocycles. The number of carbonyl (C=O) groups is 1. The fraction of sp³-hybridized carbons (Fsp3) is 0.444. The Kier molecular flexibility index (Phi) is 3.41. The second-order valence-electron chi connectivity index (χ2n) is 2.75. The standard InChI is InChI=1S/C9H13NOS/c1-2-9(11)10-7-3-5-8(12)6-4-7/h3,5,12H,2,4,6H2,1H3,(H,10,11). The van der Waals surface area contributed by atoms with Crippen molar-refractivity contribution in [1.82, 2.24) is 5.32 Å². The first kappa shape index (κ1) is 9.39. The highest BCUT2D eigenvalue weighted by atomic mass is 32.1. The molecule has 1 rings (SSSR count). The maximum atomic E-state index is 11.0. The predicted octanol–water partition coefficient (Wildman–Crippen LogP) is 2.00. The molecular formula is C9H13NOS. The van der Waals surface area contributed by atoms with Crippen molar-refractivity contribution in [3.8, 4) is 0 Å². The van der Waals surface area contributed by atoms with Gasteiger partial charge in [0.2, 0.25) is 5.91 Å². The van der Waals surface area contributed by atoms with Crippen molar-refractivity contribution >= 4 is 18.5 Å². The number of hydrogen-bond donors (Lipinski definition) is 2. The summed E-state index contributed by atoms with van der Waals surface area (Å²) >= 11 is 4.22. The van der Waals surface area contributed by atoms with Crippen LogP contribution in [0, 0.1) is 0 Å². The number of rotatable bonds is 2. The van der Waals surface area contributed by atoms with Gasteiger partial charge in [-0.3, -0.25) is 4.79 Å². The van der Waals surface area contributed by atoms with Crippen LogP contribution in [0.15, 0.2) is 22.8 Å². The Labute approximate surface area is 78.1 Å².